The van der Waals surface area contributed by atoms with Gasteiger partial charge in [-0.2, -0.15) is 18.4 Å². The number of thiophene rings is 1. The zero-order valence-electron chi connectivity index (χ0n) is 16.7. The summed E-state index contributed by atoms with van der Waals surface area (Å²) in [4.78, 5) is 11.8. The van der Waals surface area contributed by atoms with Crippen molar-refractivity contribution >= 4 is 33.0 Å². The Morgan fingerprint density at radius 2 is 1.85 bits per heavy atom. The maximum atomic E-state index is 13.4. The second kappa shape index (κ2) is 8.20. The summed E-state index contributed by atoms with van der Waals surface area (Å²) in [5.41, 5.74) is -1.04. The number of alkyl halides is 3. The van der Waals surface area contributed by atoms with Crippen molar-refractivity contribution in [2.24, 2.45) is 0 Å². The molecular formula is C22H15F3N2O4S2. The van der Waals surface area contributed by atoms with Crippen molar-refractivity contribution in [1.29, 1.82) is 5.26 Å². The standard InChI is InChI=1S/C22H15F3N2O4S2/c23-22(24,25)14-4-7-17(19-8-5-15(11-26)32-19)18(10-14)27-33(30,31)20-9-13(21(28)29)3-6-16(20)12-1-2-12/h3-10,12,27H,1-2H2,(H,28,29). The van der Waals surface area contributed by atoms with Crippen molar-refractivity contribution in [2.75, 3.05) is 4.72 Å². The molecule has 6 nitrogen and oxygen atoms in total. The minimum Gasteiger partial charge on any atom is -0.478 e. The van der Waals surface area contributed by atoms with Gasteiger partial charge >= 0.3 is 12.1 Å². The quantitative estimate of drug-likeness (QED) is 0.460. The monoisotopic (exact) mass is 492 g/mol. The van der Waals surface area contributed by atoms with E-state index in [2.05, 4.69) is 4.72 Å². The number of carboxylic acids is 1. The van der Waals surface area contributed by atoms with Gasteiger partial charge in [-0.3, -0.25) is 4.72 Å². The van der Waals surface area contributed by atoms with E-state index in [1.807, 2.05) is 6.07 Å². The summed E-state index contributed by atoms with van der Waals surface area (Å²) < 4.78 is 68.9. The zero-order chi connectivity index (χ0) is 24.0. The Hall–Kier alpha value is -3.36. The molecule has 33 heavy (non-hydrogen) atoms. The van der Waals surface area contributed by atoms with Gasteiger partial charge in [-0.1, -0.05) is 12.1 Å². The van der Waals surface area contributed by atoms with Crippen LogP contribution in [0.15, 0.2) is 53.4 Å². The summed E-state index contributed by atoms with van der Waals surface area (Å²) in [5.74, 6) is -1.38. The first-order valence-corrected chi connectivity index (χ1v) is 11.9. The molecule has 0 atom stereocenters. The number of nitrogens with one attached hydrogen (secondary N) is 1. The molecule has 2 aromatic carbocycles. The molecule has 1 aliphatic rings. The maximum Gasteiger partial charge on any atom is 0.416 e. The van der Waals surface area contributed by atoms with E-state index in [0.717, 1.165) is 42.4 Å². The molecule has 0 unspecified atom stereocenters. The van der Waals surface area contributed by atoms with E-state index in [-0.39, 0.29) is 27.6 Å². The average Bonchev–Trinajstić information content (AvgIpc) is 3.49. The predicted octanol–water partition coefficient (Wildman–Crippen LogP) is 5.68. The highest BCUT2D eigenvalue weighted by molar-refractivity contribution is 7.92. The molecule has 1 heterocycles. The number of rotatable bonds is 6. The summed E-state index contributed by atoms with van der Waals surface area (Å²) in [6, 6.07) is 11.4. The molecular weight excluding hydrogens is 477 g/mol. The summed E-state index contributed by atoms with van der Waals surface area (Å²) in [7, 11) is -4.44. The fourth-order valence-corrected chi connectivity index (χ4v) is 5.63. The van der Waals surface area contributed by atoms with E-state index in [1.54, 1.807) is 0 Å². The summed E-state index contributed by atoms with van der Waals surface area (Å²) >= 11 is 1.00. The van der Waals surface area contributed by atoms with Crippen molar-refractivity contribution in [3.05, 3.63) is 70.1 Å². The van der Waals surface area contributed by atoms with E-state index in [9.17, 15) is 31.5 Å². The fourth-order valence-electron chi connectivity index (χ4n) is 3.39. The lowest BCUT2D eigenvalue weighted by atomic mass is 10.1. The molecule has 0 bridgehead atoms. The van der Waals surface area contributed by atoms with Gasteiger partial charge in [0.2, 0.25) is 0 Å². The maximum absolute atomic E-state index is 13.4. The second-order valence-corrected chi connectivity index (χ2v) is 10.2. The number of hydrogen-bond donors (Lipinski definition) is 2. The number of hydrogen-bond acceptors (Lipinski definition) is 5. The van der Waals surface area contributed by atoms with Crippen LogP contribution < -0.4 is 4.72 Å². The molecule has 2 N–H and O–H groups in total. The van der Waals surface area contributed by atoms with Crippen molar-refractivity contribution in [3.63, 3.8) is 0 Å². The third-order valence-corrected chi connectivity index (χ3v) is 7.58. The molecule has 0 aliphatic heterocycles. The Morgan fingerprint density at radius 1 is 1.12 bits per heavy atom. The normalized spacial score (nSPS) is 14.0. The lowest BCUT2D eigenvalue weighted by Gasteiger charge is -2.17. The van der Waals surface area contributed by atoms with E-state index in [1.165, 1.54) is 24.3 Å². The molecule has 0 spiro atoms. The molecule has 0 saturated heterocycles. The SMILES string of the molecule is N#Cc1ccc(-c2ccc(C(F)(F)F)cc2NS(=O)(=O)c2cc(C(=O)O)ccc2C2CC2)s1. The summed E-state index contributed by atoms with van der Waals surface area (Å²) in [5, 5.41) is 18.4. The van der Waals surface area contributed by atoms with E-state index in [0.29, 0.717) is 21.4 Å². The van der Waals surface area contributed by atoms with Gasteiger partial charge < -0.3 is 5.11 Å². The molecule has 0 radical (unpaired) electrons. The largest absolute Gasteiger partial charge is 0.478 e. The Bertz CT molecular complexity index is 1400. The lowest BCUT2D eigenvalue weighted by Crippen LogP contribution is -2.17. The molecule has 1 aliphatic carbocycles. The minimum atomic E-state index is -4.71. The van der Waals surface area contributed by atoms with Gasteiger partial charge in [0, 0.05) is 10.4 Å². The van der Waals surface area contributed by atoms with Crippen LogP contribution in [-0.4, -0.2) is 19.5 Å². The number of sulfonamides is 1. The van der Waals surface area contributed by atoms with Crippen LogP contribution in [0.5, 0.6) is 0 Å². The van der Waals surface area contributed by atoms with Crippen LogP contribution in [0, 0.1) is 11.3 Å². The molecule has 170 valence electrons. The van der Waals surface area contributed by atoms with Crippen molar-refractivity contribution < 1.29 is 31.5 Å². The van der Waals surface area contributed by atoms with E-state index < -0.39 is 27.7 Å². The predicted molar refractivity (Wildman–Crippen MR) is 116 cm³/mol. The van der Waals surface area contributed by atoms with Gasteiger partial charge in [0.05, 0.1) is 21.7 Å². The highest BCUT2D eigenvalue weighted by Crippen LogP contribution is 2.44. The first-order chi connectivity index (χ1) is 15.5. The van der Waals surface area contributed by atoms with Crippen LogP contribution in [0.1, 0.15) is 45.1 Å². The lowest BCUT2D eigenvalue weighted by molar-refractivity contribution is -0.137. The molecule has 3 aromatic rings. The number of halogens is 3. The van der Waals surface area contributed by atoms with Crippen molar-refractivity contribution in [3.8, 4) is 16.5 Å². The first-order valence-electron chi connectivity index (χ1n) is 9.61. The summed E-state index contributed by atoms with van der Waals surface area (Å²) in [6.45, 7) is 0. The Labute approximate surface area is 191 Å². The number of anilines is 1. The molecule has 1 aromatic heterocycles. The van der Waals surface area contributed by atoms with Crippen LogP contribution in [0.3, 0.4) is 0 Å². The van der Waals surface area contributed by atoms with Gasteiger partial charge in [-0.25, -0.2) is 13.2 Å². The Balaban J connectivity index is 1.84. The number of carbonyl (C=O) groups is 1. The van der Waals surface area contributed by atoms with Gasteiger partial charge in [-0.05, 0) is 60.7 Å². The molecule has 0 amide bonds. The molecule has 4 rings (SSSR count). The van der Waals surface area contributed by atoms with Crippen LogP contribution in [-0.2, 0) is 16.2 Å². The van der Waals surface area contributed by atoms with Crippen molar-refractivity contribution in [2.45, 2.75) is 29.8 Å². The Morgan fingerprint density at radius 3 is 2.42 bits per heavy atom. The van der Waals surface area contributed by atoms with Gasteiger partial charge in [0.15, 0.2) is 0 Å². The minimum absolute atomic E-state index is 0.0594. The van der Waals surface area contributed by atoms with Crippen LogP contribution in [0.25, 0.3) is 10.4 Å². The average molecular weight is 493 g/mol. The zero-order valence-corrected chi connectivity index (χ0v) is 18.3. The highest BCUT2D eigenvalue weighted by Gasteiger charge is 2.34. The van der Waals surface area contributed by atoms with Crippen LogP contribution in [0.4, 0.5) is 18.9 Å². The molecule has 11 heteroatoms. The van der Waals surface area contributed by atoms with Crippen LogP contribution >= 0.6 is 11.3 Å². The summed E-state index contributed by atoms with van der Waals surface area (Å²) in [6.07, 6.45) is -3.25. The third-order valence-electron chi connectivity index (χ3n) is 5.14. The van der Waals surface area contributed by atoms with Gasteiger partial charge in [0.25, 0.3) is 10.0 Å². The second-order valence-electron chi connectivity index (χ2n) is 7.47. The topological polar surface area (TPSA) is 107 Å². The van der Waals surface area contributed by atoms with Gasteiger partial charge in [0.1, 0.15) is 10.9 Å². The van der Waals surface area contributed by atoms with Crippen molar-refractivity contribution in [1.82, 2.24) is 0 Å². The fraction of sp³-hybridized carbons (Fsp3) is 0.182. The van der Waals surface area contributed by atoms with Crippen LogP contribution in [0.2, 0.25) is 0 Å². The molecule has 1 saturated carbocycles. The van der Waals surface area contributed by atoms with E-state index >= 15 is 0 Å². The Kier molecular flexibility index (Phi) is 5.67. The number of aromatic carboxylic acids is 1. The molecule has 1 fully saturated rings. The number of benzene rings is 2. The van der Waals surface area contributed by atoms with Gasteiger partial charge in [-0.15, -0.1) is 11.3 Å². The third kappa shape index (κ3) is 4.72. The number of carboxylic acid groups (broad SMARTS) is 1. The smallest absolute Gasteiger partial charge is 0.416 e. The van der Waals surface area contributed by atoms with E-state index in [4.69, 9.17) is 5.26 Å². The highest BCUT2D eigenvalue weighted by atomic mass is 32.2. The number of nitrogens with zero attached hydrogens (tertiary/aromatic N) is 1. The number of nitriles is 1. The first kappa shape index (κ1) is 22.8.